The lowest BCUT2D eigenvalue weighted by molar-refractivity contribution is -0.704. The first-order valence-corrected chi connectivity index (χ1v) is 7.86. The second-order valence-corrected chi connectivity index (χ2v) is 5.76. The first-order valence-electron chi connectivity index (χ1n) is 7.86. The van der Waals surface area contributed by atoms with Crippen LogP contribution in [-0.2, 0) is 9.53 Å². The second kappa shape index (κ2) is 8.26. The summed E-state index contributed by atoms with van der Waals surface area (Å²) >= 11 is 0. The predicted octanol–water partition coefficient (Wildman–Crippen LogP) is 1.92. The zero-order valence-electron chi connectivity index (χ0n) is 14.2. The van der Waals surface area contributed by atoms with E-state index in [0.29, 0.717) is 0 Å². The first-order chi connectivity index (χ1) is 11.5. The van der Waals surface area contributed by atoms with Gasteiger partial charge in [-0.15, -0.1) is 0 Å². The van der Waals surface area contributed by atoms with Crippen LogP contribution in [0, 0.1) is 6.92 Å². The SMILES string of the molecule is COC(=O)NC(=O)[C@@H](C)[NH2+][C@H](c1ccccc1)c1ccc(C)cc1. The van der Waals surface area contributed by atoms with Crippen LogP contribution in [0.15, 0.2) is 54.6 Å². The van der Waals surface area contributed by atoms with Crippen molar-refractivity contribution in [3.8, 4) is 0 Å². The van der Waals surface area contributed by atoms with Crippen molar-refractivity contribution < 1.29 is 19.6 Å². The summed E-state index contributed by atoms with van der Waals surface area (Å²) < 4.78 is 4.47. The Morgan fingerprint density at radius 2 is 1.58 bits per heavy atom. The molecule has 0 aliphatic carbocycles. The second-order valence-electron chi connectivity index (χ2n) is 5.76. The van der Waals surface area contributed by atoms with Gasteiger partial charge < -0.3 is 10.1 Å². The number of nitrogens with two attached hydrogens (primary N) is 1. The number of methoxy groups -OCH3 is 1. The average Bonchev–Trinajstić information content (AvgIpc) is 2.61. The van der Waals surface area contributed by atoms with E-state index in [0.717, 1.165) is 11.1 Å². The lowest BCUT2D eigenvalue weighted by Crippen LogP contribution is -2.92. The molecule has 3 N–H and O–H groups in total. The monoisotopic (exact) mass is 327 g/mol. The number of ether oxygens (including phenoxy) is 1. The van der Waals surface area contributed by atoms with Crippen LogP contribution >= 0.6 is 0 Å². The molecule has 2 rings (SSSR count). The third-order valence-corrected chi connectivity index (χ3v) is 3.90. The number of carbonyl (C=O) groups is 2. The van der Waals surface area contributed by atoms with Crippen molar-refractivity contribution in [2.24, 2.45) is 0 Å². The van der Waals surface area contributed by atoms with Crippen LogP contribution in [-0.4, -0.2) is 25.2 Å². The van der Waals surface area contributed by atoms with Gasteiger partial charge in [0.15, 0.2) is 6.04 Å². The van der Waals surface area contributed by atoms with E-state index in [1.54, 1.807) is 6.92 Å². The lowest BCUT2D eigenvalue weighted by atomic mass is 9.97. The molecule has 0 aliphatic rings. The highest BCUT2D eigenvalue weighted by Gasteiger charge is 2.25. The van der Waals surface area contributed by atoms with Gasteiger partial charge in [0.05, 0.1) is 7.11 Å². The average molecular weight is 327 g/mol. The summed E-state index contributed by atoms with van der Waals surface area (Å²) in [6.45, 7) is 3.81. The molecule has 0 radical (unpaired) electrons. The van der Waals surface area contributed by atoms with E-state index in [9.17, 15) is 9.59 Å². The number of carbonyl (C=O) groups excluding carboxylic acids is 2. The summed E-state index contributed by atoms with van der Waals surface area (Å²) in [7, 11) is 1.23. The highest BCUT2D eigenvalue weighted by atomic mass is 16.5. The van der Waals surface area contributed by atoms with Crippen LogP contribution in [0.5, 0.6) is 0 Å². The molecule has 0 fully saturated rings. The molecule has 2 aromatic carbocycles. The Bertz CT molecular complexity index is 684. The molecule has 2 atom stereocenters. The van der Waals surface area contributed by atoms with Crippen LogP contribution in [0.4, 0.5) is 4.79 Å². The van der Waals surface area contributed by atoms with Crippen LogP contribution in [0.1, 0.15) is 29.7 Å². The van der Waals surface area contributed by atoms with E-state index in [-0.39, 0.29) is 11.9 Å². The zero-order chi connectivity index (χ0) is 17.5. The van der Waals surface area contributed by atoms with Gasteiger partial charge in [0.2, 0.25) is 0 Å². The van der Waals surface area contributed by atoms with Gasteiger partial charge in [0.1, 0.15) is 6.04 Å². The summed E-state index contributed by atoms with van der Waals surface area (Å²) in [5.74, 6) is -0.380. The maximum Gasteiger partial charge on any atom is 0.413 e. The normalized spacial score (nSPS) is 13.0. The van der Waals surface area contributed by atoms with E-state index >= 15 is 0 Å². The number of benzene rings is 2. The summed E-state index contributed by atoms with van der Waals surface area (Å²) in [4.78, 5) is 23.3. The molecule has 5 heteroatoms. The van der Waals surface area contributed by atoms with Gasteiger partial charge in [-0.3, -0.25) is 10.1 Å². The Morgan fingerprint density at radius 1 is 1.00 bits per heavy atom. The Morgan fingerprint density at radius 3 is 2.17 bits per heavy atom. The minimum Gasteiger partial charge on any atom is -0.453 e. The van der Waals surface area contributed by atoms with Gasteiger partial charge in [0.25, 0.3) is 5.91 Å². The van der Waals surface area contributed by atoms with E-state index in [2.05, 4.69) is 34.3 Å². The number of nitrogens with one attached hydrogen (secondary N) is 1. The summed E-state index contributed by atoms with van der Waals surface area (Å²) in [5.41, 5.74) is 3.38. The van der Waals surface area contributed by atoms with Gasteiger partial charge >= 0.3 is 6.09 Å². The van der Waals surface area contributed by atoms with Gasteiger partial charge in [-0.05, 0) is 13.8 Å². The molecule has 0 saturated heterocycles. The third-order valence-electron chi connectivity index (χ3n) is 3.90. The Labute approximate surface area is 142 Å². The van der Waals surface area contributed by atoms with Gasteiger partial charge in [-0.25, -0.2) is 4.79 Å². The number of hydrogen-bond donors (Lipinski definition) is 2. The van der Waals surface area contributed by atoms with Crippen LogP contribution in [0.3, 0.4) is 0 Å². The molecule has 0 bridgehead atoms. The summed E-state index contributed by atoms with van der Waals surface area (Å²) in [6.07, 6.45) is -0.744. The maximum atomic E-state index is 12.1. The summed E-state index contributed by atoms with van der Waals surface area (Å²) in [6, 6.07) is 17.7. The molecule has 0 heterocycles. The molecule has 0 saturated carbocycles. The maximum absolute atomic E-state index is 12.1. The number of hydrogen-bond acceptors (Lipinski definition) is 3. The van der Waals surface area contributed by atoms with Crippen LogP contribution in [0.2, 0.25) is 0 Å². The number of quaternary nitrogens is 1. The van der Waals surface area contributed by atoms with Crippen molar-refractivity contribution in [2.75, 3.05) is 7.11 Å². The minimum absolute atomic E-state index is 0.0369. The standard InChI is InChI=1S/C19H22N2O3/c1-13-9-11-16(12-10-13)17(15-7-5-4-6-8-15)20-14(2)18(22)21-19(23)24-3/h4-12,14,17,20H,1-3H3,(H,21,22,23)/p+1/t14-,17-/m1/s1. The fraction of sp³-hybridized carbons (Fsp3) is 0.263. The molecule has 0 aromatic heterocycles. The van der Waals surface area contributed by atoms with Gasteiger partial charge in [-0.1, -0.05) is 60.2 Å². The molecule has 2 aromatic rings. The Kier molecular flexibility index (Phi) is 6.09. The highest BCUT2D eigenvalue weighted by Crippen LogP contribution is 2.18. The Balaban J connectivity index is 2.22. The number of imide groups is 1. The molecular formula is C19H23N2O3+. The van der Waals surface area contributed by atoms with Crippen LogP contribution < -0.4 is 10.6 Å². The molecule has 24 heavy (non-hydrogen) atoms. The van der Waals surface area contributed by atoms with Crippen molar-refractivity contribution in [1.29, 1.82) is 0 Å². The molecule has 126 valence electrons. The fourth-order valence-electron chi connectivity index (χ4n) is 2.49. The lowest BCUT2D eigenvalue weighted by Gasteiger charge is -2.20. The smallest absolute Gasteiger partial charge is 0.413 e. The minimum atomic E-state index is -0.744. The Hall–Kier alpha value is -2.66. The number of rotatable bonds is 5. The molecule has 0 spiro atoms. The van der Waals surface area contributed by atoms with Crippen molar-refractivity contribution >= 4 is 12.0 Å². The topological polar surface area (TPSA) is 72.0 Å². The molecule has 2 amide bonds. The van der Waals surface area contributed by atoms with Crippen LogP contribution in [0.25, 0.3) is 0 Å². The number of amides is 2. The summed E-state index contributed by atoms with van der Waals surface area (Å²) in [5, 5.41) is 4.16. The molecular weight excluding hydrogens is 304 g/mol. The predicted molar refractivity (Wildman–Crippen MR) is 91.4 cm³/mol. The first kappa shape index (κ1) is 17.7. The third kappa shape index (κ3) is 4.67. The quantitative estimate of drug-likeness (QED) is 0.881. The fourth-order valence-corrected chi connectivity index (χ4v) is 2.49. The van der Waals surface area contributed by atoms with Crippen molar-refractivity contribution in [2.45, 2.75) is 25.9 Å². The van der Waals surface area contributed by atoms with Gasteiger partial charge in [0, 0.05) is 11.1 Å². The van der Waals surface area contributed by atoms with E-state index in [4.69, 9.17) is 0 Å². The van der Waals surface area contributed by atoms with Gasteiger partial charge in [-0.2, -0.15) is 0 Å². The molecule has 0 unspecified atom stereocenters. The number of alkyl carbamates (subject to hydrolysis) is 1. The number of aryl methyl sites for hydroxylation is 1. The van der Waals surface area contributed by atoms with Crippen molar-refractivity contribution in [3.05, 3.63) is 71.3 Å². The highest BCUT2D eigenvalue weighted by molar-refractivity contribution is 5.93. The van der Waals surface area contributed by atoms with Crippen molar-refractivity contribution in [1.82, 2.24) is 5.32 Å². The zero-order valence-corrected chi connectivity index (χ0v) is 14.2. The molecule has 5 nitrogen and oxygen atoms in total. The van der Waals surface area contributed by atoms with Crippen molar-refractivity contribution in [3.63, 3.8) is 0 Å². The van der Waals surface area contributed by atoms with E-state index < -0.39 is 12.1 Å². The van der Waals surface area contributed by atoms with E-state index in [1.807, 2.05) is 42.6 Å². The van der Waals surface area contributed by atoms with E-state index in [1.165, 1.54) is 12.7 Å². The largest absolute Gasteiger partial charge is 0.453 e. The molecule has 0 aliphatic heterocycles.